The van der Waals surface area contributed by atoms with Crippen LogP contribution in [0.4, 0.5) is 23.7 Å². The zero-order chi connectivity index (χ0) is 17.2. The summed E-state index contributed by atoms with van der Waals surface area (Å²) in [5, 5.41) is 11.4. The normalized spacial score (nSPS) is 13.1. The van der Waals surface area contributed by atoms with Crippen LogP contribution in [0.15, 0.2) is 22.6 Å². The largest absolute Gasteiger partial charge is 0.441 e. The van der Waals surface area contributed by atoms with E-state index in [1.54, 1.807) is 18.2 Å². The number of fused-ring (bicyclic) bond motifs is 1. The van der Waals surface area contributed by atoms with Gasteiger partial charge in [0.2, 0.25) is 0 Å². The molecule has 1 aromatic carbocycles. The van der Waals surface area contributed by atoms with Crippen molar-refractivity contribution in [3.8, 4) is 0 Å². The molecule has 0 saturated carbocycles. The minimum atomic E-state index is -4.77. The van der Waals surface area contributed by atoms with E-state index in [0.29, 0.717) is 29.1 Å². The van der Waals surface area contributed by atoms with Crippen molar-refractivity contribution in [1.82, 2.24) is 9.88 Å². The summed E-state index contributed by atoms with van der Waals surface area (Å²) in [4.78, 5) is 16.8. The van der Waals surface area contributed by atoms with Gasteiger partial charge in [-0.15, -0.1) is 0 Å². The van der Waals surface area contributed by atoms with Crippen LogP contribution in [0.5, 0.6) is 0 Å². The third kappa shape index (κ3) is 4.13. The number of aliphatic hydroxyl groups is 1. The Morgan fingerprint density at radius 1 is 1.48 bits per heavy atom. The Kier molecular flexibility index (Phi) is 4.79. The number of anilines is 1. The van der Waals surface area contributed by atoms with Gasteiger partial charge in [0.15, 0.2) is 17.6 Å². The Hall–Kier alpha value is -2.29. The number of aryl methyl sites for hydroxylation is 1. The number of aliphatic hydroxyl groups excluding tert-OH is 1. The van der Waals surface area contributed by atoms with Gasteiger partial charge in [0.25, 0.3) is 0 Å². The van der Waals surface area contributed by atoms with Gasteiger partial charge in [-0.2, -0.15) is 13.2 Å². The van der Waals surface area contributed by atoms with E-state index < -0.39 is 24.9 Å². The number of likely N-dealkylation sites (N-methyl/N-ethyl adjacent to an activating group) is 1. The fraction of sp³-hybridized carbons (Fsp3) is 0.429. The second kappa shape index (κ2) is 6.45. The molecule has 6 nitrogen and oxygen atoms in total. The summed E-state index contributed by atoms with van der Waals surface area (Å²) in [6.07, 6.45) is -6.75. The smallest absolute Gasteiger partial charge is 0.416 e. The highest BCUT2D eigenvalue weighted by atomic mass is 19.4. The van der Waals surface area contributed by atoms with E-state index in [4.69, 9.17) is 9.52 Å². The van der Waals surface area contributed by atoms with Gasteiger partial charge in [0.05, 0.1) is 6.54 Å². The van der Waals surface area contributed by atoms with E-state index in [-0.39, 0.29) is 0 Å². The number of urea groups is 1. The summed E-state index contributed by atoms with van der Waals surface area (Å²) in [6.45, 7) is 1.02. The quantitative estimate of drug-likeness (QED) is 0.903. The van der Waals surface area contributed by atoms with Gasteiger partial charge in [0, 0.05) is 19.2 Å². The van der Waals surface area contributed by atoms with Crippen LogP contribution < -0.4 is 5.32 Å². The first-order valence-corrected chi connectivity index (χ1v) is 6.87. The molecule has 23 heavy (non-hydrogen) atoms. The Balaban J connectivity index is 2.04. The molecule has 0 aliphatic carbocycles. The highest BCUT2D eigenvalue weighted by molar-refractivity contribution is 5.91. The van der Waals surface area contributed by atoms with Crippen molar-refractivity contribution in [1.29, 1.82) is 0 Å². The van der Waals surface area contributed by atoms with E-state index in [1.165, 1.54) is 0 Å². The van der Waals surface area contributed by atoms with Crippen molar-refractivity contribution >= 4 is 22.8 Å². The molecule has 0 saturated heterocycles. The molecular weight excluding hydrogens is 315 g/mol. The molecule has 1 atom stereocenters. The average molecular weight is 331 g/mol. The van der Waals surface area contributed by atoms with Gasteiger partial charge in [-0.05, 0) is 18.2 Å². The zero-order valence-electron chi connectivity index (χ0n) is 12.5. The monoisotopic (exact) mass is 331 g/mol. The molecule has 0 aliphatic rings. The standard InChI is InChI=1S/C14H16F3N3O3/c1-3-12-19-9-6-8(4-5-10(9)23-12)18-13(22)20(2)7-11(21)14(15,16)17/h4-6,11,21H,3,7H2,1-2H3,(H,18,22). The second-order valence-corrected chi connectivity index (χ2v) is 5.01. The van der Waals surface area contributed by atoms with E-state index >= 15 is 0 Å². The predicted molar refractivity (Wildman–Crippen MR) is 77.1 cm³/mol. The number of halogens is 3. The van der Waals surface area contributed by atoms with E-state index in [1.807, 2.05) is 6.92 Å². The average Bonchev–Trinajstić information content (AvgIpc) is 2.88. The molecule has 126 valence electrons. The van der Waals surface area contributed by atoms with Crippen molar-refractivity contribution < 1.29 is 27.5 Å². The Bertz CT molecular complexity index is 699. The summed E-state index contributed by atoms with van der Waals surface area (Å²) >= 11 is 0. The maximum Gasteiger partial charge on any atom is 0.416 e. The molecule has 9 heteroatoms. The molecule has 2 amide bonds. The molecule has 0 radical (unpaired) electrons. The number of rotatable bonds is 4. The summed E-state index contributed by atoms with van der Waals surface area (Å²) in [6, 6.07) is 3.96. The molecule has 0 fully saturated rings. The number of alkyl halides is 3. The minimum Gasteiger partial charge on any atom is -0.441 e. The first-order chi connectivity index (χ1) is 10.7. The van der Waals surface area contributed by atoms with Crippen LogP contribution >= 0.6 is 0 Å². The number of aromatic nitrogens is 1. The van der Waals surface area contributed by atoms with Gasteiger partial charge < -0.3 is 19.7 Å². The van der Waals surface area contributed by atoms with Crippen LogP contribution in [0.2, 0.25) is 0 Å². The first-order valence-electron chi connectivity index (χ1n) is 6.87. The van der Waals surface area contributed by atoms with Crippen molar-refractivity contribution in [2.45, 2.75) is 25.6 Å². The maximum atomic E-state index is 12.3. The van der Waals surface area contributed by atoms with Gasteiger partial charge >= 0.3 is 12.2 Å². The number of amides is 2. The molecule has 1 heterocycles. The molecule has 1 unspecified atom stereocenters. The summed E-state index contributed by atoms with van der Waals surface area (Å²) in [7, 11) is 1.16. The lowest BCUT2D eigenvalue weighted by atomic mass is 10.3. The predicted octanol–water partition coefficient (Wildman–Crippen LogP) is 2.78. The molecular formula is C14H16F3N3O3. The summed E-state index contributed by atoms with van der Waals surface area (Å²) in [5.41, 5.74) is 1.46. The van der Waals surface area contributed by atoms with E-state index in [2.05, 4.69) is 10.3 Å². The lowest BCUT2D eigenvalue weighted by molar-refractivity contribution is -0.205. The highest BCUT2D eigenvalue weighted by Gasteiger charge is 2.39. The third-order valence-corrected chi connectivity index (χ3v) is 3.16. The molecule has 2 N–H and O–H groups in total. The fourth-order valence-electron chi connectivity index (χ4n) is 1.87. The van der Waals surface area contributed by atoms with E-state index in [0.717, 1.165) is 11.9 Å². The Morgan fingerprint density at radius 3 is 2.78 bits per heavy atom. The molecule has 0 spiro atoms. The number of hydrogen-bond donors (Lipinski definition) is 2. The molecule has 2 aromatic rings. The second-order valence-electron chi connectivity index (χ2n) is 5.01. The topological polar surface area (TPSA) is 78.6 Å². The third-order valence-electron chi connectivity index (χ3n) is 3.16. The van der Waals surface area contributed by atoms with Gasteiger partial charge in [-0.1, -0.05) is 6.92 Å². The van der Waals surface area contributed by atoms with Crippen LogP contribution in [-0.2, 0) is 6.42 Å². The fourth-order valence-corrected chi connectivity index (χ4v) is 1.87. The number of hydrogen-bond acceptors (Lipinski definition) is 4. The van der Waals surface area contributed by atoms with Gasteiger partial charge in [-0.3, -0.25) is 0 Å². The van der Waals surface area contributed by atoms with Crippen LogP contribution in [0.3, 0.4) is 0 Å². The number of nitrogens with zero attached hydrogens (tertiary/aromatic N) is 2. The van der Waals surface area contributed by atoms with Crippen LogP contribution in [0, 0.1) is 0 Å². The number of carbonyl (C=O) groups is 1. The van der Waals surface area contributed by atoms with Crippen molar-refractivity contribution in [2.24, 2.45) is 0 Å². The van der Waals surface area contributed by atoms with Crippen LogP contribution in [0.25, 0.3) is 11.1 Å². The molecule has 1 aromatic heterocycles. The number of carbonyl (C=O) groups excluding carboxylic acids is 1. The van der Waals surface area contributed by atoms with Crippen molar-refractivity contribution in [3.05, 3.63) is 24.1 Å². The van der Waals surface area contributed by atoms with Gasteiger partial charge in [0.1, 0.15) is 5.52 Å². The van der Waals surface area contributed by atoms with Crippen LogP contribution in [0.1, 0.15) is 12.8 Å². The van der Waals surface area contributed by atoms with Crippen LogP contribution in [-0.4, -0.2) is 46.9 Å². The lowest BCUT2D eigenvalue weighted by Gasteiger charge is -2.22. The maximum absolute atomic E-state index is 12.3. The minimum absolute atomic E-state index is 0.367. The van der Waals surface area contributed by atoms with Gasteiger partial charge in [-0.25, -0.2) is 9.78 Å². The molecule has 2 rings (SSSR count). The number of oxazole rings is 1. The SMILES string of the molecule is CCc1nc2cc(NC(=O)N(C)CC(O)C(F)(F)F)ccc2o1. The zero-order valence-corrected chi connectivity index (χ0v) is 12.5. The number of benzene rings is 1. The first kappa shape index (κ1) is 17.1. The van der Waals surface area contributed by atoms with E-state index in [9.17, 15) is 18.0 Å². The Labute approximate surface area is 129 Å². The lowest BCUT2D eigenvalue weighted by Crippen LogP contribution is -2.43. The number of nitrogens with one attached hydrogen (secondary N) is 1. The molecule has 0 bridgehead atoms. The summed E-state index contributed by atoms with van der Waals surface area (Å²) in [5.74, 6) is 0.550. The molecule has 0 aliphatic heterocycles. The highest BCUT2D eigenvalue weighted by Crippen LogP contribution is 2.22. The van der Waals surface area contributed by atoms with Crippen molar-refractivity contribution in [2.75, 3.05) is 18.9 Å². The Morgan fingerprint density at radius 2 is 2.17 bits per heavy atom. The van der Waals surface area contributed by atoms with Crippen molar-refractivity contribution in [3.63, 3.8) is 0 Å². The summed E-state index contributed by atoms with van der Waals surface area (Å²) < 4.78 is 42.3.